The molecule has 128 valence electrons. The van der Waals surface area contributed by atoms with Gasteiger partial charge in [-0.05, 0) is 36.2 Å². The minimum absolute atomic E-state index is 0.334. The zero-order valence-corrected chi connectivity index (χ0v) is 14.3. The molecule has 1 N–H and O–H groups in total. The van der Waals surface area contributed by atoms with Crippen molar-refractivity contribution in [3.8, 4) is 5.75 Å². The Balaban J connectivity index is 1.37. The van der Waals surface area contributed by atoms with Gasteiger partial charge in [0.25, 0.3) is 0 Å². The fourth-order valence-corrected chi connectivity index (χ4v) is 3.51. The Kier molecular flexibility index (Phi) is 4.53. The van der Waals surface area contributed by atoms with Gasteiger partial charge in [0, 0.05) is 44.3 Å². The van der Waals surface area contributed by atoms with E-state index in [1.54, 1.807) is 12.1 Å². The molecule has 0 amide bonds. The lowest BCUT2D eigenvalue weighted by Crippen LogP contribution is -2.47. The van der Waals surface area contributed by atoms with E-state index in [1.165, 1.54) is 16.6 Å². The molecule has 0 bridgehead atoms. The number of pyridine rings is 1. The van der Waals surface area contributed by atoms with Gasteiger partial charge >= 0.3 is 0 Å². The van der Waals surface area contributed by atoms with E-state index in [4.69, 9.17) is 0 Å². The summed E-state index contributed by atoms with van der Waals surface area (Å²) in [5.41, 5.74) is 3.62. The van der Waals surface area contributed by atoms with Gasteiger partial charge in [-0.1, -0.05) is 30.3 Å². The molecule has 0 atom stereocenters. The van der Waals surface area contributed by atoms with Crippen LogP contribution in [0, 0.1) is 0 Å². The number of phenols is 1. The molecule has 4 rings (SSSR count). The number of rotatable bonds is 4. The topological polar surface area (TPSA) is 39.6 Å². The molecule has 25 heavy (non-hydrogen) atoms. The van der Waals surface area contributed by atoms with E-state index >= 15 is 0 Å². The number of nitrogens with zero attached hydrogens (tertiary/aromatic N) is 3. The number of hydrogen-bond donors (Lipinski definition) is 1. The number of anilines is 1. The minimum atomic E-state index is 0.334. The maximum absolute atomic E-state index is 9.37. The zero-order chi connectivity index (χ0) is 17.1. The van der Waals surface area contributed by atoms with Crippen LogP contribution in [0.3, 0.4) is 0 Å². The third kappa shape index (κ3) is 3.59. The quantitative estimate of drug-likeness (QED) is 0.795. The van der Waals surface area contributed by atoms with Gasteiger partial charge in [0.05, 0.1) is 11.2 Å². The number of piperazine rings is 1. The second kappa shape index (κ2) is 7.11. The van der Waals surface area contributed by atoms with Crippen molar-refractivity contribution in [3.63, 3.8) is 0 Å². The number of hydrogen-bond acceptors (Lipinski definition) is 4. The number of aromatic nitrogens is 1. The van der Waals surface area contributed by atoms with Gasteiger partial charge in [0.2, 0.25) is 0 Å². The van der Waals surface area contributed by atoms with Crippen molar-refractivity contribution in [1.29, 1.82) is 0 Å². The summed E-state index contributed by atoms with van der Waals surface area (Å²) in [5, 5.41) is 10.6. The lowest BCUT2D eigenvalue weighted by Gasteiger charge is -2.36. The van der Waals surface area contributed by atoms with Gasteiger partial charge in [-0.3, -0.25) is 9.88 Å². The Labute approximate surface area is 148 Å². The molecule has 2 aromatic carbocycles. The Hall–Kier alpha value is -2.59. The molecule has 3 aromatic rings. The Morgan fingerprint density at radius 3 is 2.44 bits per heavy atom. The van der Waals surface area contributed by atoms with Crippen LogP contribution in [0.4, 0.5) is 5.69 Å². The standard InChI is InChI=1S/C21H23N3O/c25-19-8-6-17(7-9-19)10-12-23-13-15-24(16-14-23)20-5-1-3-18-4-2-11-22-21(18)20/h1-9,11,25H,10,12-16H2. The molecule has 0 saturated carbocycles. The highest BCUT2D eigenvalue weighted by molar-refractivity contribution is 5.90. The summed E-state index contributed by atoms with van der Waals surface area (Å²) >= 11 is 0. The first kappa shape index (κ1) is 15.9. The molecule has 4 heteroatoms. The van der Waals surface area contributed by atoms with E-state index in [1.807, 2.05) is 24.4 Å². The third-order valence-corrected chi connectivity index (χ3v) is 4.98. The van der Waals surface area contributed by atoms with Crippen molar-refractivity contribution in [3.05, 3.63) is 66.4 Å². The van der Waals surface area contributed by atoms with Crippen LogP contribution in [0.15, 0.2) is 60.8 Å². The average Bonchev–Trinajstić information content (AvgIpc) is 2.68. The van der Waals surface area contributed by atoms with Crippen molar-refractivity contribution in [1.82, 2.24) is 9.88 Å². The number of para-hydroxylation sites is 1. The van der Waals surface area contributed by atoms with E-state index in [0.29, 0.717) is 5.75 Å². The molecule has 4 nitrogen and oxygen atoms in total. The van der Waals surface area contributed by atoms with Crippen LogP contribution in [0.5, 0.6) is 5.75 Å². The average molecular weight is 333 g/mol. The molecule has 1 saturated heterocycles. The van der Waals surface area contributed by atoms with Crippen LogP contribution >= 0.6 is 0 Å². The van der Waals surface area contributed by atoms with Crippen molar-refractivity contribution >= 4 is 16.6 Å². The number of phenolic OH excluding ortho intramolecular Hbond substituents is 1. The summed E-state index contributed by atoms with van der Waals surface area (Å²) in [5.74, 6) is 0.334. The van der Waals surface area contributed by atoms with Crippen LogP contribution in [0.25, 0.3) is 10.9 Å². The van der Waals surface area contributed by atoms with Crippen LogP contribution in [0.2, 0.25) is 0 Å². The summed E-state index contributed by atoms with van der Waals surface area (Å²) < 4.78 is 0. The van der Waals surface area contributed by atoms with E-state index in [-0.39, 0.29) is 0 Å². The normalized spacial score (nSPS) is 15.6. The first-order valence-corrected chi connectivity index (χ1v) is 8.88. The van der Waals surface area contributed by atoms with Crippen LogP contribution in [-0.2, 0) is 6.42 Å². The highest BCUT2D eigenvalue weighted by Crippen LogP contribution is 2.25. The monoisotopic (exact) mass is 333 g/mol. The lowest BCUT2D eigenvalue weighted by molar-refractivity contribution is 0.261. The molecule has 0 radical (unpaired) electrons. The zero-order valence-electron chi connectivity index (χ0n) is 14.3. The van der Waals surface area contributed by atoms with Gasteiger partial charge < -0.3 is 10.0 Å². The number of fused-ring (bicyclic) bond motifs is 1. The molecule has 2 heterocycles. The fourth-order valence-electron chi connectivity index (χ4n) is 3.51. The predicted molar refractivity (Wildman–Crippen MR) is 102 cm³/mol. The van der Waals surface area contributed by atoms with Gasteiger partial charge in [-0.15, -0.1) is 0 Å². The Morgan fingerprint density at radius 2 is 1.64 bits per heavy atom. The Bertz CT molecular complexity index is 834. The second-order valence-corrected chi connectivity index (χ2v) is 6.60. The first-order chi connectivity index (χ1) is 12.3. The summed E-state index contributed by atoms with van der Waals surface area (Å²) in [6.45, 7) is 5.27. The van der Waals surface area contributed by atoms with E-state index < -0.39 is 0 Å². The summed E-state index contributed by atoms with van der Waals surface area (Å²) in [6, 6.07) is 18.1. The minimum Gasteiger partial charge on any atom is -0.508 e. The van der Waals surface area contributed by atoms with Crippen LogP contribution in [-0.4, -0.2) is 47.7 Å². The molecule has 1 fully saturated rings. The molecule has 1 aliphatic heterocycles. The SMILES string of the molecule is Oc1ccc(CCN2CCN(c3cccc4cccnc34)CC2)cc1. The maximum Gasteiger partial charge on any atom is 0.115 e. The van der Waals surface area contributed by atoms with Gasteiger partial charge in [-0.2, -0.15) is 0 Å². The maximum atomic E-state index is 9.37. The molecule has 0 spiro atoms. The third-order valence-electron chi connectivity index (χ3n) is 4.98. The van der Waals surface area contributed by atoms with Crippen molar-refractivity contribution in [2.24, 2.45) is 0 Å². The largest absolute Gasteiger partial charge is 0.508 e. The molecule has 1 aromatic heterocycles. The lowest BCUT2D eigenvalue weighted by atomic mass is 10.1. The number of benzene rings is 2. The smallest absolute Gasteiger partial charge is 0.115 e. The van der Waals surface area contributed by atoms with Crippen molar-refractivity contribution in [2.45, 2.75) is 6.42 Å². The fraction of sp³-hybridized carbons (Fsp3) is 0.286. The van der Waals surface area contributed by atoms with Gasteiger partial charge in [0.1, 0.15) is 5.75 Å². The molecule has 0 unspecified atom stereocenters. The highest BCUT2D eigenvalue weighted by atomic mass is 16.3. The van der Waals surface area contributed by atoms with E-state index in [9.17, 15) is 5.11 Å². The van der Waals surface area contributed by atoms with Crippen molar-refractivity contribution < 1.29 is 5.11 Å². The highest BCUT2D eigenvalue weighted by Gasteiger charge is 2.18. The second-order valence-electron chi connectivity index (χ2n) is 6.60. The number of aromatic hydroxyl groups is 1. The van der Waals surface area contributed by atoms with Crippen molar-refractivity contribution in [2.75, 3.05) is 37.6 Å². The predicted octanol–water partition coefficient (Wildman–Crippen LogP) is 3.31. The Morgan fingerprint density at radius 1 is 0.880 bits per heavy atom. The summed E-state index contributed by atoms with van der Waals surface area (Å²) in [4.78, 5) is 9.55. The van der Waals surface area contributed by atoms with E-state index in [2.05, 4.69) is 39.0 Å². The van der Waals surface area contributed by atoms with Crippen LogP contribution in [0.1, 0.15) is 5.56 Å². The van der Waals surface area contributed by atoms with Gasteiger partial charge in [-0.25, -0.2) is 0 Å². The van der Waals surface area contributed by atoms with Gasteiger partial charge in [0.15, 0.2) is 0 Å². The molecule has 0 aliphatic carbocycles. The summed E-state index contributed by atoms with van der Waals surface area (Å²) in [6.07, 6.45) is 2.90. The molecule has 1 aliphatic rings. The first-order valence-electron chi connectivity index (χ1n) is 8.88. The van der Waals surface area contributed by atoms with Crippen LogP contribution < -0.4 is 4.90 Å². The molecular formula is C21H23N3O. The molecular weight excluding hydrogens is 310 g/mol. The van der Waals surface area contributed by atoms with E-state index in [0.717, 1.165) is 44.7 Å². The summed E-state index contributed by atoms with van der Waals surface area (Å²) in [7, 11) is 0.